The first-order chi connectivity index (χ1) is 16.0. The van der Waals surface area contributed by atoms with E-state index in [1.54, 1.807) is 12.1 Å². The zero-order valence-electron chi connectivity index (χ0n) is 19.0. The lowest BCUT2D eigenvalue weighted by Crippen LogP contribution is -2.43. The van der Waals surface area contributed by atoms with Gasteiger partial charge in [-0.05, 0) is 55.2 Å². The quantitative estimate of drug-likeness (QED) is 0.423. The maximum atomic E-state index is 14.1. The van der Waals surface area contributed by atoms with Gasteiger partial charge in [-0.15, -0.1) is 0 Å². The van der Waals surface area contributed by atoms with E-state index in [1.165, 1.54) is 4.41 Å². The van der Waals surface area contributed by atoms with Crippen molar-refractivity contribution in [2.75, 3.05) is 0 Å². The standard InChI is InChI=1S/C28H28N2O2S/c1-3-4-13-24-19-23-12-8-9-14-26(23)28-20-27(22-10-6-5-7-11-22)30(29(24)28)33(31,32)25-17-15-21(2)16-18-25/h5-12,14-20,28H,3-4,13H2,1-2H3. The van der Waals surface area contributed by atoms with Crippen LogP contribution in [0, 0.1) is 6.92 Å². The van der Waals surface area contributed by atoms with Crippen LogP contribution in [0.2, 0.25) is 0 Å². The van der Waals surface area contributed by atoms with Crippen LogP contribution in [0.1, 0.15) is 54.5 Å². The molecule has 0 fully saturated rings. The average Bonchev–Trinajstić information content (AvgIpc) is 3.25. The Kier molecular flexibility index (Phi) is 5.59. The fraction of sp³-hybridized carbons (Fsp3) is 0.214. The van der Waals surface area contributed by atoms with Crippen LogP contribution in [0.25, 0.3) is 11.8 Å². The third-order valence-electron chi connectivity index (χ3n) is 6.31. The second kappa shape index (κ2) is 8.56. The van der Waals surface area contributed by atoms with Gasteiger partial charge in [0.15, 0.2) is 0 Å². The van der Waals surface area contributed by atoms with E-state index in [2.05, 4.69) is 31.2 Å². The molecule has 1 unspecified atom stereocenters. The van der Waals surface area contributed by atoms with Gasteiger partial charge >= 0.3 is 0 Å². The highest BCUT2D eigenvalue weighted by Crippen LogP contribution is 2.48. The summed E-state index contributed by atoms with van der Waals surface area (Å²) in [5, 5.41) is 2.00. The Hall–Kier alpha value is -3.31. The van der Waals surface area contributed by atoms with Gasteiger partial charge in [0.05, 0.1) is 16.6 Å². The lowest BCUT2D eigenvalue weighted by atomic mass is 9.94. The van der Waals surface area contributed by atoms with Crippen LogP contribution in [0.15, 0.2) is 95.5 Å². The molecule has 0 saturated heterocycles. The first-order valence-corrected chi connectivity index (χ1v) is 12.9. The summed E-state index contributed by atoms with van der Waals surface area (Å²) in [6.45, 7) is 4.12. The number of hydrazine groups is 1. The number of hydrogen-bond acceptors (Lipinski definition) is 3. The van der Waals surface area contributed by atoms with Crippen LogP contribution in [0.3, 0.4) is 0 Å². The highest BCUT2D eigenvalue weighted by atomic mass is 32.2. The Balaban J connectivity index is 1.72. The molecule has 0 radical (unpaired) electrons. The SMILES string of the molecule is CCCCC1=Cc2ccccc2C2C=C(c3ccccc3)N(S(=O)(=O)c3ccc(C)cc3)N12. The van der Waals surface area contributed by atoms with E-state index >= 15 is 0 Å². The maximum absolute atomic E-state index is 14.1. The van der Waals surface area contributed by atoms with E-state index in [0.717, 1.165) is 47.2 Å². The summed E-state index contributed by atoms with van der Waals surface area (Å²) in [7, 11) is -3.83. The van der Waals surface area contributed by atoms with Gasteiger partial charge in [0.1, 0.15) is 0 Å². The van der Waals surface area contributed by atoms with E-state index in [9.17, 15) is 8.42 Å². The zero-order chi connectivity index (χ0) is 23.0. The van der Waals surface area contributed by atoms with Gasteiger partial charge < -0.3 is 0 Å². The van der Waals surface area contributed by atoms with Gasteiger partial charge in [-0.2, -0.15) is 12.8 Å². The van der Waals surface area contributed by atoms with E-state index < -0.39 is 10.0 Å². The summed E-state index contributed by atoms with van der Waals surface area (Å²) in [6, 6.07) is 25.0. The molecule has 2 aliphatic heterocycles. The first-order valence-electron chi connectivity index (χ1n) is 11.5. The number of sulfonamides is 1. The molecule has 0 amide bonds. The van der Waals surface area contributed by atoms with E-state index in [-0.39, 0.29) is 6.04 Å². The average molecular weight is 457 g/mol. The van der Waals surface area contributed by atoms with Crippen LogP contribution >= 0.6 is 0 Å². The fourth-order valence-electron chi connectivity index (χ4n) is 4.60. The van der Waals surface area contributed by atoms with Crippen molar-refractivity contribution in [2.24, 2.45) is 0 Å². The number of unbranched alkanes of at least 4 members (excludes halogenated alkanes) is 1. The minimum absolute atomic E-state index is 0.173. The van der Waals surface area contributed by atoms with Crippen molar-refractivity contribution in [3.05, 3.63) is 113 Å². The minimum atomic E-state index is -3.83. The number of nitrogens with zero attached hydrogens (tertiary/aromatic N) is 2. The molecule has 0 aliphatic carbocycles. The normalized spacial score (nSPS) is 17.3. The number of aryl methyl sites for hydroxylation is 1. The van der Waals surface area contributed by atoms with Gasteiger partial charge in [0, 0.05) is 11.3 Å². The van der Waals surface area contributed by atoms with Crippen molar-refractivity contribution in [3.63, 3.8) is 0 Å². The van der Waals surface area contributed by atoms with Crippen molar-refractivity contribution >= 4 is 21.8 Å². The fourth-order valence-corrected chi connectivity index (χ4v) is 6.15. The molecule has 3 aromatic carbocycles. The molecule has 2 aliphatic rings. The maximum Gasteiger partial charge on any atom is 0.281 e. The molecule has 0 bridgehead atoms. The minimum Gasteiger partial charge on any atom is -0.264 e. The number of hydrogen-bond donors (Lipinski definition) is 0. The van der Waals surface area contributed by atoms with Gasteiger partial charge in [-0.1, -0.05) is 85.6 Å². The zero-order valence-corrected chi connectivity index (χ0v) is 19.8. The monoisotopic (exact) mass is 456 g/mol. The third kappa shape index (κ3) is 3.76. The summed E-state index contributed by atoms with van der Waals surface area (Å²) in [5.41, 5.74) is 5.91. The van der Waals surface area contributed by atoms with Crippen LogP contribution in [-0.4, -0.2) is 17.8 Å². The van der Waals surface area contributed by atoms with Crippen LogP contribution < -0.4 is 0 Å². The topological polar surface area (TPSA) is 40.6 Å². The summed E-state index contributed by atoms with van der Waals surface area (Å²) in [5.74, 6) is 0. The van der Waals surface area contributed by atoms with Crippen LogP contribution in [0.5, 0.6) is 0 Å². The van der Waals surface area contributed by atoms with Crippen LogP contribution in [-0.2, 0) is 10.0 Å². The molecular formula is C28H28N2O2S. The molecule has 1 atom stereocenters. The Morgan fingerprint density at radius 1 is 0.879 bits per heavy atom. The lowest BCUT2D eigenvalue weighted by Gasteiger charge is -2.40. The van der Waals surface area contributed by atoms with E-state index in [0.29, 0.717) is 10.6 Å². The summed E-state index contributed by atoms with van der Waals surface area (Å²) < 4.78 is 29.8. The predicted octanol–water partition coefficient (Wildman–Crippen LogP) is 6.54. The third-order valence-corrected chi connectivity index (χ3v) is 8.01. The van der Waals surface area contributed by atoms with Gasteiger partial charge in [0.2, 0.25) is 0 Å². The van der Waals surface area contributed by atoms with Crippen molar-refractivity contribution < 1.29 is 8.42 Å². The Labute approximate surface area is 196 Å². The highest BCUT2D eigenvalue weighted by molar-refractivity contribution is 7.89. The molecule has 0 N–H and O–H groups in total. The van der Waals surface area contributed by atoms with E-state index in [1.807, 2.05) is 66.5 Å². The van der Waals surface area contributed by atoms with Crippen LogP contribution in [0.4, 0.5) is 0 Å². The molecule has 2 heterocycles. The molecule has 5 heteroatoms. The molecule has 5 rings (SSSR count). The largest absolute Gasteiger partial charge is 0.281 e. The number of fused-ring (bicyclic) bond motifs is 3. The Morgan fingerprint density at radius 3 is 2.30 bits per heavy atom. The van der Waals surface area contributed by atoms with Gasteiger partial charge in [0.25, 0.3) is 10.0 Å². The Bertz CT molecular complexity index is 1330. The molecule has 0 saturated carbocycles. The molecule has 0 aromatic heterocycles. The summed E-state index contributed by atoms with van der Waals surface area (Å²) in [6.07, 6.45) is 7.11. The van der Waals surface area contributed by atoms with Gasteiger partial charge in [-0.25, -0.2) is 0 Å². The van der Waals surface area contributed by atoms with Crippen molar-refractivity contribution in [1.29, 1.82) is 0 Å². The molecule has 168 valence electrons. The number of benzene rings is 3. The number of allylic oxidation sites excluding steroid dienone is 1. The molecule has 4 nitrogen and oxygen atoms in total. The second-order valence-corrected chi connectivity index (χ2v) is 10.4. The summed E-state index contributed by atoms with van der Waals surface area (Å²) >= 11 is 0. The highest BCUT2D eigenvalue weighted by Gasteiger charge is 2.44. The molecule has 0 spiro atoms. The van der Waals surface area contributed by atoms with Crippen molar-refractivity contribution in [1.82, 2.24) is 9.42 Å². The predicted molar refractivity (Wildman–Crippen MR) is 133 cm³/mol. The lowest BCUT2D eigenvalue weighted by molar-refractivity contribution is 0.142. The molecular weight excluding hydrogens is 428 g/mol. The smallest absolute Gasteiger partial charge is 0.264 e. The van der Waals surface area contributed by atoms with Crippen molar-refractivity contribution in [3.8, 4) is 0 Å². The van der Waals surface area contributed by atoms with Crippen molar-refractivity contribution in [2.45, 2.75) is 44.0 Å². The number of rotatable bonds is 6. The van der Waals surface area contributed by atoms with Gasteiger partial charge in [-0.3, -0.25) is 5.01 Å². The Morgan fingerprint density at radius 2 is 1.58 bits per heavy atom. The second-order valence-electron chi connectivity index (χ2n) is 8.64. The first kappa shape index (κ1) is 21.5. The van der Waals surface area contributed by atoms with E-state index in [4.69, 9.17) is 0 Å². The molecule has 3 aromatic rings. The summed E-state index contributed by atoms with van der Waals surface area (Å²) in [4.78, 5) is 0.296. The molecule has 33 heavy (non-hydrogen) atoms.